The molecule has 0 atom stereocenters. The molecule has 3 rings (SSSR count). The fourth-order valence-corrected chi connectivity index (χ4v) is 2.74. The predicted molar refractivity (Wildman–Crippen MR) is 69.5 cm³/mol. The van der Waals surface area contributed by atoms with E-state index in [0.717, 1.165) is 37.2 Å². The topological polar surface area (TPSA) is 58.4 Å². The molecule has 2 aliphatic rings. The van der Waals surface area contributed by atoms with Crippen LogP contribution in [0.25, 0.3) is 0 Å². The van der Waals surface area contributed by atoms with Gasteiger partial charge in [-0.2, -0.15) is 5.10 Å². The summed E-state index contributed by atoms with van der Waals surface area (Å²) in [6.45, 7) is 0.951. The third-order valence-corrected chi connectivity index (χ3v) is 3.70. The minimum Gasteiger partial charge on any atom is -0.346 e. The SMILES string of the molecule is O=C(NN=C1CCn2cccc21)NC1CCCC1. The number of aromatic nitrogens is 1. The number of nitrogens with zero attached hydrogens (tertiary/aromatic N) is 2. The van der Waals surface area contributed by atoms with Gasteiger partial charge in [-0.25, -0.2) is 10.2 Å². The Kier molecular flexibility index (Phi) is 3.04. The van der Waals surface area contributed by atoms with E-state index in [1.54, 1.807) is 0 Å². The van der Waals surface area contributed by atoms with Gasteiger partial charge in [-0.05, 0) is 25.0 Å². The van der Waals surface area contributed by atoms with Crippen molar-refractivity contribution in [1.82, 2.24) is 15.3 Å². The number of carbonyl (C=O) groups excluding carboxylic acids is 1. The average Bonchev–Trinajstić information content (AvgIpc) is 3.03. The van der Waals surface area contributed by atoms with Crippen molar-refractivity contribution < 1.29 is 4.79 Å². The van der Waals surface area contributed by atoms with E-state index in [1.807, 2.05) is 18.3 Å². The Morgan fingerprint density at radius 3 is 3.06 bits per heavy atom. The van der Waals surface area contributed by atoms with Crippen LogP contribution in [-0.2, 0) is 6.54 Å². The maximum Gasteiger partial charge on any atom is 0.335 e. The molecular formula is C13H18N4O. The number of urea groups is 1. The largest absolute Gasteiger partial charge is 0.346 e. The average molecular weight is 246 g/mol. The molecule has 0 saturated heterocycles. The minimum atomic E-state index is -0.181. The summed E-state index contributed by atoms with van der Waals surface area (Å²) < 4.78 is 2.15. The smallest absolute Gasteiger partial charge is 0.335 e. The van der Waals surface area contributed by atoms with E-state index in [9.17, 15) is 4.79 Å². The molecule has 2 N–H and O–H groups in total. The molecule has 2 amide bonds. The molecule has 0 aromatic carbocycles. The number of amides is 2. The van der Waals surface area contributed by atoms with E-state index in [0.29, 0.717) is 6.04 Å². The molecule has 1 fully saturated rings. The van der Waals surface area contributed by atoms with Crippen LogP contribution in [0.15, 0.2) is 23.4 Å². The van der Waals surface area contributed by atoms with Gasteiger partial charge < -0.3 is 9.88 Å². The molecule has 0 spiro atoms. The first-order valence-corrected chi connectivity index (χ1v) is 6.61. The first-order chi connectivity index (χ1) is 8.83. The molecule has 18 heavy (non-hydrogen) atoms. The molecule has 1 aromatic heterocycles. The molecule has 1 aliphatic heterocycles. The zero-order valence-corrected chi connectivity index (χ0v) is 10.4. The third-order valence-electron chi connectivity index (χ3n) is 3.70. The van der Waals surface area contributed by atoms with E-state index in [1.165, 1.54) is 12.8 Å². The second-order valence-electron chi connectivity index (χ2n) is 4.96. The maximum absolute atomic E-state index is 11.7. The summed E-state index contributed by atoms with van der Waals surface area (Å²) in [5, 5.41) is 7.17. The fraction of sp³-hybridized carbons (Fsp3) is 0.538. The van der Waals surface area contributed by atoms with E-state index < -0.39 is 0 Å². The highest BCUT2D eigenvalue weighted by atomic mass is 16.2. The van der Waals surface area contributed by atoms with E-state index in [2.05, 4.69) is 20.4 Å². The number of fused-ring (bicyclic) bond motifs is 1. The zero-order valence-electron chi connectivity index (χ0n) is 10.4. The summed E-state index contributed by atoms with van der Waals surface area (Å²) in [6.07, 6.45) is 7.54. The Balaban J connectivity index is 1.56. The second kappa shape index (κ2) is 4.84. The summed E-state index contributed by atoms with van der Waals surface area (Å²) in [7, 11) is 0. The van der Waals surface area contributed by atoms with Crippen LogP contribution in [0.4, 0.5) is 4.79 Å². The number of rotatable bonds is 2. The zero-order chi connectivity index (χ0) is 12.4. The number of carbonyl (C=O) groups is 1. The molecule has 5 heteroatoms. The predicted octanol–water partition coefficient (Wildman–Crippen LogP) is 1.84. The highest BCUT2D eigenvalue weighted by molar-refractivity contribution is 6.01. The normalized spacial score (nSPS) is 21.2. The van der Waals surface area contributed by atoms with Crippen LogP contribution in [0.2, 0.25) is 0 Å². The Bertz CT molecular complexity index is 471. The van der Waals surface area contributed by atoms with E-state index >= 15 is 0 Å². The standard InChI is InChI=1S/C13H18N4O/c18-13(14-10-4-1-2-5-10)16-15-11-7-9-17-8-3-6-12(11)17/h3,6,8,10H,1-2,4-5,7,9H2,(H2,14,16,18). The lowest BCUT2D eigenvalue weighted by Gasteiger charge is -2.10. The molecule has 2 heterocycles. The lowest BCUT2D eigenvalue weighted by Crippen LogP contribution is -2.39. The quantitative estimate of drug-likeness (QED) is 0.769. The van der Waals surface area contributed by atoms with E-state index in [-0.39, 0.29) is 6.03 Å². The van der Waals surface area contributed by atoms with Crippen LogP contribution in [0.3, 0.4) is 0 Å². The van der Waals surface area contributed by atoms with Gasteiger partial charge in [0.25, 0.3) is 0 Å². The van der Waals surface area contributed by atoms with E-state index in [4.69, 9.17) is 0 Å². The van der Waals surface area contributed by atoms with Crippen molar-refractivity contribution in [1.29, 1.82) is 0 Å². The van der Waals surface area contributed by atoms with Gasteiger partial charge in [-0.3, -0.25) is 0 Å². The Morgan fingerprint density at radius 2 is 2.22 bits per heavy atom. The Morgan fingerprint density at radius 1 is 1.39 bits per heavy atom. The van der Waals surface area contributed by atoms with Crippen LogP contribution in [0.1, 0.15) is 37.8 Å². The molecule has 1 aliphatic carbocycles. The lowest BCUT2D eigenvalue weighted by molar-refractivity contribution is 0.237. The van der Waals surface area contributed by atoms with Crippen molar-refractivity contribution >= 4 is 11.7 Å². The summed E-state index contributed by atoms with van der Waals surface area (Å²) in [4.78, 5) is 11.7. The highest BCUT2D eigenvalue weighted by Gasteiger charge is 2.18. The second-order valence-corrected chi connectivity index (χ2v) is 4.96. The van der Waals surface area contributed by atoms with Crippen LogP contribution >= 0.6 is 0 Å². The van der Waals surface area contributed by atoms with Gasteiger partial charge in [0, 0.05) is 25.2 Å². The number of aryl methyl sites for hydroxylation is 1. The Labute approximate surface area is 106 Å². The van der Waals surface area contributed by atoms with Crippen LogP contribution in [-0.4, -0.2) is 22.4 Å². The molecule has 0 radical (unpaired) electrons. The lowest BCUT2D eigenvalue weighted by atomic mass is 10.2. The summed E-state index contributed by atoms with van der Waals surface area (Å²) in [5.41, 5.74) is 4.67. The number of hydrazone groups is 1. The van der Waals surface area contributed by atoms with Gasteiger partial charge in [0.05, 0.1) is 11.4 Å². The van der Waals surface area contributed by atoms with Crippen LogP contribution in [0, 0.1) is 0 Å². The van der Waals surface area contributed by atoms with Crippen molar-refractivity contribution in [2.24, 2.45) is 5.10 Å². The van der Waals surface area contributed by atoms with Crippen molar-refractivity contribution in [3.8, 4) is 0 Å². The number of nitrogens with one attached hydrogen (secondary N) is 2. The summed E-state index contributed by atoms with van der Waals surface area (Å²) in [6, 6.07) is 4.18. The molecule has 0 bridgehead atoms. The monoisotopic (exact) mass is 246 g/mol. The Hall–Kier alpha value is -1.78. The molecule has 5 nitrogen and oxygen atoms in total. The third kappa shape index (κ3) is 2.25. The highest BCUT2D eigenvalue weighted by Crippen LogP contribution is 2.17. The number of hydrogen-bond acceptors (Lipinski definition) is 2. The van der Waals surface area contributed by atoms with Gasteiger partial charge in [-0.1, -0.05) is 12.8 Å². The molecule has 0 unspecified atom stereocenters. The minimum absolute atomic E-state index is 0.181. The van der Waals surface area contributed by atoms with Crippen molar-refractivity contribution in [2.45, 2.75) is 44.7 Å². The first-order valence-electron chi connectivity index (χ1n) is 6.61. The van der Waals surface area contributed by atoms with Crippen LogP contribution < -0.4 is 10.7 Å². The first kappa shape index (κ1) is 11.3. The molecule has 96 valence electrons. The van der Waals surface area contributed by atoms with Gasteiger partial charge in [-0.15, -0.1) is 0 Å². The van der Waals surface area contributed by atoms with Gasteiger partial charge in [0.2, 0.25) is 0 Å². The van der Waals surface area contributed by atoms with Crippen molar-refractivity contribution in [3.05, 3.63) is 24.0 Å². The summed E-state index contributed by atoms with van der Waals surface area (Å²) in [5.74, 6) is 0. The van der Waals surface area contributed by atoms with Crippen molar-refractivity contribution in [2.75, 3.05) is 0 Å². The molecule has 1 aromatic rings. The van der Waals surface area contributed by atoms with Gasteiger partial charge in [0.1, 0.15) is 0 Å². The number of hydrogen-bond donors (Lipinski definition) is 2. The van der Waals surface area contributed by atoms with Gasteiger partial charge >= 0.3 is 6.03 Å². The molecule has 1 saturated carbocycles. The van der Waals surface area contributed by atoms with Gasteiger partial charge in [0.15, 0.2) is 0 Å². The van der Waals surface area contributed by atoms with Crippen molar-refractivity contribution in [3.63, 3.8) is 0 Å². The summed E-state index contributed by atoms with van der Waals surface area (Å²) >= 11 is 0. The van der Waals surface area contributed by atoms with Crippen LogP contribution in [0.5, 0.6) is 0 Å². The molecular weight excluding hydrogens is 228 g/mol. The fourth-order valence-electron chi connectivity index (χ4n) is 2.74. The maximum atomic E-state index is 11.7.